The Labute approximate surface area is 68.6 Å². The van der Waals surface area contributed by atoms with Gasteiger partial charge in [0.15, 0.2) is 0 Å². The van der Waals surface area contributed by atoms with Crippen LogP contribution in [-0.2, 0) is 0 Å². The third-order valence-corrected chi connectivity index (χ3v) is 4.14. The van der Waals surface area contributed by atoms with Crippen LogP contribution >= 0.6 is 0 Å². The van der Waals surface area contributed by atoms with Crippen molar-refractivity contribution in [2.24, 2.45) is 5.41 Å². The van der Waals surface area contributed by atoms with Gasteiger partial charge in [-0.15, -0.1) is 0 Å². The molecule has 3 fully saturated rings. The fraction of sp³-hybridized carbons (Fsp3) is 1.00. The zero-order valence-corrected chi connectivity index (χ0v) is 7.16. The van der Waals surface area contributed by atoms with Gasteiger partial charge in [0, 0.05) is 5.54 Å². The molecule has 3 rings (SSSR count). The summed E-state index contributed by atoms with van der Waals surface area (Å²) in [5.74, 6) is 0. The van der Waals surface area contributed by atoms with Crippen LogP contribution in [0.2, 0.25) is 0 Å². The third kappa shape index (κ3) is 0.868. The highest BCUT2D eigenvalue weighted by Crippen LogP contribution is 2.62. The van der Waals surface area contributed by atoms with Crippen LogP contribution in [0.1, 0.15) is 44.9 Å². The first-order valence-electron chi connectivity index (χ1n) is 5.08. The predicted molar refractivity (Wildman–Crippen MR) is 45.5 cm³/mol. The minimum atomic E-state index is 0.635. The number of hydrogen-bond acceptors (Lipinski definition) is 1. The van der Waals surface area contributed by atoms with Gasteiger partial charge in [-0.3, -0.25) is 0 Å². The zero-order valence-electron chi connectivity index (χ0n) is 7.16. The van der Waals surface area contributed by atoms with E-state index in [1.54, 1.807) is 0 Å². The monoisotopic (exact) mass is 151 g/mol. The second-order valence-electron chi connectivity index (χ2n) is 4.99. The SMILES string of the molecule is C1CNC2(C1)CCC1(CC1)C2. The molecule has 1 aliphatic heterocycles. The normalized spacial score (nSPS) is 45.8. The summed E-state index contributed by atoms with van der Waals surface area (Å²) in [5, 5.41) is 3.73. The van der Waals surface area contributed by atoms with Gasteiger partial charge in [-0.1, -0.05) is 0 Å². The highest BCUT2D eigenvalue weighted by Gasteiger charge is 2.54. The van der Waals surface area contributed by atoms with Crippen molar-refractivity contribution in [3.8, 4) is 0 Å². The molecule has 1 atom stereocenters. The van der Waals surface area contributed by atoms with Crippen LogP contribution in [-0.4, -0.2) is 12.1 Å². The molecule has 2 spiro atoms. The Kier molecular flexibility index (Phi) is 1.07. The molecule has 0 radical (unpaired) electrons. The molecule has 0 aromatic rings. The molecule has 1 heterocycles. The number of rotatable bonds is 0. The summed E-state index contributed by atoms with van der Waals surface area (Å²) in [6, 6.07) is 0. The van der Waals surface area contributed by atoms with Gasteiger partial charge >= 0.3 is 0 Å². The second-order valence-corrected chi connectivity index (χ2v) is 4.99. The maximum absolute atomic E-state index is 3.73. The summed E-state index contributed by atoms with van der Waals surface area (Å²) in [4.78, 5) is 0. The van der Waals surface area contributed by atoms with Gasteiger partial charge in [-0.25, -0.2) is 0 Å². The van der Waals surface area contributed by atoms with Crippen molar-refractivity contribution in [2.75, 3.05) is 6.54 Å². The van der Waals surface area contributed by atoms with Gasteiger partial charge in [0.25, 0.3) is 0 Å². The van der Waals surface area contributed by atoms with E-state index < -0.39 is 0 Å². The van der Waals surface area contributed by atoms with Crippen molar-refractivity contribution in [3.05, 3.63) is 0 Å². The predicted octanol–water partition coefficient (Wildman–Crippen LogP) is 2.07. The minimum absolute atomic E-state index is 0.635. The molecular formula is C10H17N. The molecule has 62 valence electrons. The first-order chi connectivity index (χ1) is 5.33. The number of hydrogen-bond donors (Lipinski definition) is 1. The fourth-order valence-corrected chi connectivity index (χ4v) is 3.24. The van der Waals surface area contributed by atoms with Crippen molar-refractivity contribution in [1.29, 1.82) is 0 Å². The molecular weight excluding hydrogens is 134 g/mol. The third-order valence-electron chi connectivity index (χ3n) is 4.14. The summed E-state index contributed by atoms with van der Waals surface area (Å²) in [6.45, 7) is 1.29. The second kappa shape index (κ2) is 1.82. The van der Waals surface area contributed by atoms with Crippen molar-refractivity contribution in [1.82, 2.24) is 5.32 Å². The van der Waals surface area contributed by atoms with E-state index in [0.717, 1.165) is 5.41 Å². The lowest BCUT2D eigenvalue weighted by molar-refractivity contribution is 0.363. The molecule has 1 N–H and O–H groups in total. The lowest BCUT2D eigenvalue weighted by atomic mass is 9.93. The summed E-state index contributed by atoms with van der Waals surface area (Å²) >= 11 is 0. The van der Waals surface area contributed by atoms with E-state index >= 15 is 0 Å². The molecule has 0 aromatic heterocycles. The van der Waals surface area contributed by atoms with Gasteiger partial charge in [0.05, 0.1) is 0 Å². The van der Waals surface area contributed by atoms with Gasteiger partial charge < -0.3 is 5.32 Å². The van der Waals surface area contributed by atoms with E-state index in [1.165, 1.54) is 51.5 Å². The van der Waals surface area contributed by atoms with Crippen LogP contribution < -0.4 is 5.32 Å². The molecule has 2 saturated carbocycles. The number of nitrogens with one attached hydrogen (secondary N) is 1. The van der Waals surface area contributed by atoms with E-state index in [2.05, 4.69) is 5.32 Å². The van der Waals surface area contributed by atoms with Crippen molar-refractivity contribution in [2.45, 2.75) is 50.5 Å². The van der Waals surface area contributed by atoms with E-state index in [1.807, 2.05) is 0 Å². The van der Waals surface area contributed by atoms with Gasteiger partial charge in [-0.05, 0) is 56.9 Å². The highest BCUT2D eigenvalue weighted by atomic mass is 15.0. The Morgan fingerprint density at radius 2 is 1.73 bits per heavy atom. The maximum Gasteiger partial charge on any atom is 0.0187 e. The molecule has 11 heavy (non-hydrogen) atoms. The lowest BCUT2D eigenvalue weighted by Crippen LogP contribution is -2.36. The smallest absolute Gasteiger partial charge is 0.0187 e. The molecule has 1 heteroatoms. The first-order valence-corrected chi connectivity index (χ1v) is 5.08. The van der Waals surface area contributed by atoms with Crippen LogP contribution in [0.25, 0.3) is 0 Å². The van der Waals surface area contributed by atoms with Crippen LogP contribution in [0.3, 0.4) is 0 Å². The first kappa shape index (κ1) is 6.47. The Balaban J connectivity index is 1.80. The minimum Gasteiger partial charge on any atom is -0.311 e. The van der Waals surface area contributed by atoms with Gasteiger partial charge in [0.1, 0.15) is 0 Å². The summed E-state index contributed by atoms with van der Waals surface area (Å²) in [6.07, 6.45) is 10.5. The Morgan fingerprint density at radius 1 is 0.909 bits per heavy atom. The zero-order chi connectivity index (χ0) is 7.36. The topological polar surface area (TPSA) is 12.0 Å². The van der Waals surface area contributed by atoms with E-state index in [0.29, 0.717) is 5.54 Å². The maximum atomic E-state index is 3.73. The quantitative estimate of drug-likeness (QED) is 0.559. The summed E-state index contributed by atoms with van der Waals surface area (Å²) < 4.78 is 0. The molecule has 1 saturated heterocycles. The van der Waals surface area contributed by atoms with Gasteiger partial charge in [0.2, 0.25) is 0 Å². The van der Waals surface area contributed by atoms with Crippen LogP contribution in [0.15, 0.2) is 0 Å². The fourth-order valence-electron chi connectivity index (χ4n) is 3.24. The van der Waals surface area contributed by atoms with Gasteiger partial charge in [-0.2, -0.15) is 0 Å². The van der Waals surface area contributed by atoms with Crippen LogP contribution in [0.5, 0.6) is 0 Å². The molecule has 1 unspecified atom stereocenters. The van der Waals surface area contributed by atoms with Crippen molar-refractivity contribution in [3.63, 3.8) is 0 Å². The molecule has 3 aliphatic rings. The lowest BCUT2D eigenvalue weighted by Gasteiger charge is -2.23. The van der Waals surface area contributed by atoms with Crippen molar-refractivity contribution >= 4 is 0 Å². The molecule has 0 amide bonds. The van der Waals surface area contributed by atoms with Crippen LogP contribution in [0.4, 0.5) is 0 Å². The molecule has 0 bridgehead atoms. The van der Waals surface area contributed by atoms with E-state index in [-0.39, 0.29) is 0 Å². The Hall–Kier alpha value is -0.0400. The average molecular weight is 151 g/mol. The standard InChI is InChI=1S/C10H17N/c1-2-10(11-7-1)6-5-9(8-10)3-4-9/h11H,1-8H2. The van der Waals surface area contributed by atoms with Crippen molar-refractivity contribution < 1.29 is 0 Å². The summed E-state index contributed by atoms with van der Waals surface area (Å²) in [5.41, 5.74) is 1.49. The van der Waals surface area contributed by atoms with Crippen LogP contribution in [0, 0.1) is 5.41 Å². The molecule has 1 nitrogen and oxygen atoms in total. The average Bonchev–Trinajstić information content (AvgIpc) is 2.46. The Bertz CT molecular complexity index is 175. The summed E-state index contributed by atoms with van der Waals surface area (Å²) in [7, 11) is 0. The molecule has 2 aliphatic carbocycles. The highest BCUT2D eigenvalue weighted by molar-refractivity contribution is 5.10. The Morgan fingerprint density at radius 3 is 2.27 bits per heavy atom. The van der Waals surface area contributed by atoms with E-state index in [4.69, 9.17) is 0 Å². The largest absolute Gasteiger partial charge is 0.311 e. The van der Waals surface area contributed by atoms with E-state index in [9.17, 15) is 0 Å². The molecule has 0 aromatic carbocycles.